The molecule has 2 aliphatic rings. The van der Waals surface area contributed by atoms with Crippen molar-refractivity contribution in [2.24, 2.45) is 0 Å². The second-order valence-electron chi connectivity index (χ2n) is 8.78. The van der Waals surface area contributed by atoms with Gasteiger partial charge in [-0.1, -0.05) is 30.3 Å². The quantitative estimate of drug-likeness (QED) is 0.740. The van der Waals surface area contributed by atoms with Gasteiger partial charge in [0.1, 0.15) is 17.2 Å². The number of hydrazine groups is 1. The summed E-state index contributed by atoms with van der Waals surface area (Å²) in [5, 5.41) is 6.23. The van der Waals surface area contributed by atoms with Crippen molar-refractivity contribution >= 4 is 18.0 Å². The van der Waals surface area contributed by atoms with Gasteiger partial charge in [-0.15, -0.1) is 0 Å². The van der Waals surface area contributed by atoms with Crippen molar-refractivity contribution in [2.75, 3.05) is 19.7 Å². The van der Waals surface area contributed by atoms with Crippen molar-refractivity contribution in [3.63, 3.8) is 0 Å². The van der Waals surface area contributed by atoms with Gasteiger partial charge in [-0.3, -0.25) is 9.80 Å². The molecule has 0 aromatic heterocycles. The van der Waals surface area contributed by atoms with Crippen LogP contribution in [0.3, 0.4) is 0 Å². The van der Waals surface area contributed by atoms with Crippen LogP contribution in [0.4, 0.5) is 4.79 Å². The normalized spacial score (nSPS) is 24.3. The number of fused-ring (bicyclic) bond motifs is 1. The highest BCUT2D eigenvalue weighted by Gasteiger charge is 2.54. The Bertz CT molecular complexity index is 792. The molecule has 0 saturated carbocycles. The summed E-state index contributed by atoms with van der Waals surface area (Å²) < 4.78 is 10.6. The number of carbonyl (C=O) groups is 3. The van der Waals surface area contributed by atoms with Gasteiger partial charge in [-0.2, -0.15) is 0 Å². The van der Waals surface area contributed by atoms with E-state index in [1.807, 2.05) is 35.3 Å². The zero-order chi connectivity index (χ0) is 21.9. The number of esters is 1. The molecule has 0 spiro atoms. The molecule has 2 heterocycles. The summed E-state index contributed by atoms with van der Waals surface area (Å²) in [6.07, 6.45) is 0.600. The summed E-state index contributed by atoms with van der Waals surface area (Å²) in [6.45, 7) is 8.47. The zero-order valence-corrected chi connectivity index (χ0v) is 18.1. The van der Waals surface area contributed by atoms with Gasteiger partial charge in [0.15, 0.2) is 0 Å². The molecule has 2 amide bonds. The molecule has 164 valence electrons. The lowest BCUT2D eigenvalue weighted by atomic mass is 9.84. The van der Waals surface area contributed by atoms with Gasteiger partial charge >= 0.3 is 12.1 Å². The number of nitrogens with zero attached hydrogens (tertiary/aromatic N) is 2. The van der Waals surface area contributed by atoms with E-state index < -0.39 is 29.2 Å². The van der Waals surface area contributed by atoms with Crippen molar-refractivity contribution in [1.82, 2.24) is 15.3 Å². The topological polar surface area (TPSA) is 88.2 Å². The Labute approximate surface area is 177 Å². The van der Waals surface area contributed by atoms with Gasteiger partial charge in [0.05, 0.1) is 6.61 Å². The van der Waals surface area contributed by atoms with E-state index in [4.69, 9.17) is 9.47 Å². The van der Waals surface area contributed by atoms with Gasteiger partial charge in [0.25, 0.3) is 5.91 Å². The lowest BCUT2D eigenvalue weighted by molar-refractivity contribution is -0.173. The van der Waals surface area contributed by atoms with E-state index in [9.17, 15) is 14.4 Å². The number of nitrogens with one attached hydrogen (secondary N) is 1. The number of rotatable bonds is 5. The minimum atomic E-state index is -1.20. The van der Waals surface area contributed by atoms with Crippen LogP contribution in [0.25, 0.3) is 0 Å². The highest BCUT2D eigenvalue weighted by atomic mass is 16.6. The third-order valence-electron chi connectivity index (χ3n) is 5.32. The molecule has 1 aromatic rings. The van der Waals surface area contributed by atoms with E-state index in [2.05, 4.69) is 5.32 Å². The molecule has 2 fully saturated rings. The Morgan fingerprint density at radius 3 is 2.53 bits per heavy atom. The predicted molar refractivity (Wildman–Crippen MR) is 110 cm³/mol. The van der Waals surface area contributed by atoms with Crippen LogP contribution in [0.2, 0.25) is 0 Å². The van der Waals surface area contributed by atoms with E-state index in [-0.39, 0.29) is 12.5 Å². The van der Waals surface area contributed by atoms with E-state index in [1.165, 1.54) is 5.01 Å². The Morgan fingerprint density at radius 1 is 1.20 bits per heavy atom. The Morgan fingerprint density at radius 2 is 1.90 bits per heavy atom. The molecular weight excluding hydrogens is 386 g/mol. The fourth-order valence-electron chi connectivity index (χ4n) is 4.06. The fourth-order valence-corrected chi connectivity index (χ4v) is 4.06. The van der Waals surface area contributed by atoms with E-state index in [1.54, 1.807) is 27.7 Å². The van der Waals surface area contributed by atoms with Crippen molar-refractivity contribution in [3.05, 3.63) is 35.9 Å². The molecule has 8 heteroatoms. The molecular formula is C22H31N3O5. The second-order valence-corrected chi connectivity index (χ2v) is 8.78. The van der Waals surface area contributed by atoms with Crippen LogP contribution in [0.1, 0.15) is 46.1 Å². The number of benzene rings is 1. The second kappa shape index (κ2) is 8.63. The molecule has 1 N–H and O–H groups in total. The molecule has 30 heavy (non-hydrogen) atoms. The van der Waals surface area contributed by atoms with Crippen LogP contribution >= 0.6 is 0 Å². The van der Waals surface area contributed by atoms with Crippen molar-refractivity contribution < 1.29 is 23.9 Å². The minimum absolute atomic E-state index is 0.253. The van der Waals surface area contributed by atoms with Gasteiger partial charge in [-0.05, 0) is 46.1 Å². The third-order valence-corrected chi connectivity index (χ3v) is 5.32. The molecule has 3 rings (SSSR count). The zero-order valence-electron chi connectivity index (χ0n) is 18.1. The van der Waals surface area contributed by atoms with Crippen LogP contribution in [0, 0.1) is 0 Å². The van der Waals surface area contributed by atoms with Gasteiger partial charge in [-0.25, -0.2) is 14.6 Å². The Kier molecular flexibility index (Phi) is 6.36. The molecule has 2 atom stereocenters. The Balaban J connectivity index is 1.91. The number of hydrogen-bond acceptors (Lipinski definition) is 6. The SMILES string of the molecule is CCOC(=O)C1CCN2CCC(Cc3ccccc3)(NC(=O)OC(C)(C)C)C(=O)N12. The first-order valence-corrected chi connectivity index (χ1v) is 10.5. The highest BCUT2D eigenvalue weighted by molar-refractivity contribution is 5.94. The third kappa shape index (κ3) is 4.75. The van der Waals surface area contributed by atoms with Gasteiger partial charge in [0.2, 0.25) is 0 Å². The largest absolute Gasteiger partial charge is 0.464 e. The number of carbonyl (C=O) groups excluding carboxylic acids is 3. The van der Waals surface area contributed by atoms with Crippen LogP contribution in [0.15, 0.2) is 30.3 Å². The van der Waals surface area contributed by atoms with Crippen molar-refractivity contribution in [2.45, 2.75) is 64.1 Å². The number of amides is 2. The first-order chi connectivity index (χ1) is 14.1. The van der Waals surface area contributed by atoms with E-state index in [0.29, 0.717) is 32.4 Å². The lowest BCUT2D eigenvalue weighted by Gasteiger charge is -2.46. The summed E-state index contributed by atoms with van der Waals surface area (Å²) in [4.78, 5) is 38.9. The Hall–Kier alpha value is -2.61. The van der Waals surface area contributed by atoms with Crippen LogP contribution < -0.4 is 5.32 Å². The van der Waals surface area contributed by atoms with E-state index in [0.717, 1.165) is 5.56 Å². The maximum Gasteiger partial charge on any atom is 0.408 e. The molecule has 2 aliphatic heterocycles. The average molecular weight is 418 g/mol. The smallest absolute Gasteiger partial charge is 0.408 e. The first kappa shape index (κ1) is 22.1. The van der Waals surface area contributed by atoms with Crippen molar-refractivity contribution in [1.29, 1.82) is 0 Å². The number of hydrogen-bond donors (Lipinski definition) is 1. The number of alkyl carbamates (subject to hydrolysis) is 1. The monoisotopic (exact) mass is 417 g/mol. The molecule has 8 nitrogen and oxygen atoms in total. The maximum atomic E-state index is 13.8. The minimum Gasteiger partial charge on any atom is -0.464 e. The van der Waals surface area contributed by atoms with Gasteiger partial charge in [0, 0.05) is 19.5 Å². The van der Waals surface area contributed by atoms with Crippen LogP contribution in [-0.4, -0.2) is 64.9 Å². The maximum absolute atomic E-state index is 13.8. The first-order valence-electron chi connectivity index (χ1n) is 10.5. The molecule has 0 aliphatic carbocycles. The summed E-state index contributed by atoms with van der Waals surface area (Å²) >= 11 is 0. The molecule has 1 aromatic carbocycles. The van der Waals surface area contributed by atoms with E-state index >= 15 is 0 Å². The van der Waals surface area contributed by atoms with Crippen LogP contribution in [-0.2, 0) is 25.5 Å². The average Bonchev–Trinajstić information content (AvgIpc) is 3.09. The number of ether oxygens (including phenoxy) is 2. The standard InChI is InChI=1S/C22H31N3O5/c1-5-29-18(26)17-11-13-24-14-12-22(19(27)25(17)24,15-16-9-7-6-8-10-16)23-20(28)30-21(2,3)4/h6-10,17H,5,11-15H2,1-4H3,(H,23,28). The van der Waals surface area contributed by atoms with Gasteiger partial charge < -0.3 is 14.8 Å². The summed E-state index contributed by atoms with van der Waals surface area (Å²) in [5.74, 6) is -0.722. The summed E-state index contributed by atoms with van der Waals surface area (Å²) in [7, 11) is 0. The highest BCUT2D eigenvalue weighted by Crippen LogP contribution is 2.33. The molecule has 2 unspecified atom stereocenters. The lowest BCUT2D eigenvalue weighted by Crippen LogP contribution is -2.69. The predicted octanol–water partition coefficient (Wildman–Crippen LogP) is 2.28. The van der Waals surface area contributed by atoms with Crippen LogP contribution in [0.5, 0.6) is 0 Å². The molecule has 0 radical (unpaired) electrons. The summed E-state index contributed by atoms with van der Waals surface area (Å²) in [5.41, 5.74) is -0.972. The summed E-state index contributed by atoms with van der Waals surface area (Å²) in [6, 6.07) is 8.86. The molecule has 2 saturated heterocycles. The fraction of sp³-hybridized carbons (Fsp3) is 0.591. The molecule has 0 bridgehead atoms. The van der Waals surface area contributed by atoms with Crippen molar-refractivity contribution in [3.8, 4) is 0 Å².